The topological polar surface area (TPSA) is 56.3 Å². The van der Waals surface area contributed by atoms with Gasteiger partial charge in [0.25, 0.3) is 0 Å². The molecule has 1 rings (SSSR count). The van der Waals surface area contributed by atoms with Crippen LogP contribution in [0.1, 0.15) is 26.2 Å². The number of methoxy groups -OCH3 is 1. The second-order valence-electron chi connectivity index (χ2n) is 3.69. The lowest BCUT2D eigenvalue weighted by molar-refractivity contribution is 0.193. The minimum atomic E-state index is 0.621. The van der Waals surface area contributed by atoms with Crippen LogP contribution in [0.15, 0.2) is 12.3 Å². The maximum Gasteiger partial charge on any atom is 0.225 e. The number of unbranched alkanes of at least 4 members (excludes halogenated alkanes) is 1. The van der Waals surface area contributed by atoms with Gasteiger partial charge in [-0.3, -0.25) is 0 Å². The highest BCUT2D eigenvalue weighted by Gasteiger charge is 1.98. The Morgan fingerprint density at radius 1 is 1.29 bits per heavy atom. The summed E-state index contributed by atoms with van der Waals surface area (Å²) in [6, 6.07) is 1.77. The third-order valence-corrected chi connectivity index (χ3v) is 2.14. The Labute approximate surface area is 103 Å². The van der Waals surface area contributed by atoms with Gasteiger partial charge < -0.3 is 14.8 Å². The minimum Gasteiger partial charge on any atom is -0.478 e. The van der Waals surface area contributed by atoms with E-state index < -0.39 is 0 Å². The Bertz CT molecular complexity index is 308. The van der Waals surface area contributed by atoms with Crippen LogP contribution in [0.2, 0.25) is 0 Å². The molecular weight excluding hydrogens is 218 g/mol. The fraction of sp³-hybridized carbons (Fsp3) is 0.667. The van der Waals surface area contributed by atoms with Gasteiger partial charge in [0.1, 0.15) is 0 Å². The molecule has 0 aliphatic heterocycles. The van der Waals surface area contributed by atoms with Crippen molar-refractivity contribution in [1.29, 1.82) is 0 Å². The zero-order valence-corrected chi connectivity index (χ0v) is 10.6. The number of ether oxygens (including phenoxy) is 2. The number of nitrogens with one attached hydrogen (secondary N) is 1. The number of aromatic nitrogens is 2. The molecular formula is C12H21N3O2. The predicted octanol–water partition coefficient (Wildman–Crippen LogP) is 2.10. The minimum absolute atomic E-state index is 0.621. The van der Waals surface area contributed by atoms with Gasteiger partial charge in [0.15, 0.2) is 0 Å². The van der Waals surface area contributed by atoms with E-state index in [1.165, 1.54) is 0 Å². The highest BCUT2D eigenvalue weighted by Crippen LogP contribution is 2.08. The van der Waals surface area contributed by atoms with E-state index in [1.54, 1.807) is 19.4 Å². The first-order chi connectivity index (χ1) is 8.36. The van der Waals surface area contributed by atoms with Gasteiger partial charge in [0, 0.05) is 32.5 Å². The molecule has 0 aliphatic rings. The average molecular weight is 239 g/mol. The van der Waals surface area contributed by atoms with E-state index >= 15 is 0 Å². The van der Waals surface area contributed by atoms with E-state index in [1.807, 2.05) is 0 Å². The Morgan fingerprint density at radius 2 is 2.18 bits per heavy atom. The van der Waals surface area contributed by atoms with Crippen molar-refractivity contribution in [2.75, 3.05) is 32.2 Å². The zero-order chi connectivity index (χ0) is 12.3. The summed E-state index contributed by atoms with van der Waals surface area (Å²) in [6.07, 6.45) is 4.76. The maximum absolute atomic E-state index is 5.43. The summed E-state index contributed by atoms with van der Waals surface area (Å²) in [7, 11) is 1.71. The lowest BCUT2D eigenvalue weighted by atomic mass is 10.3. The largest absolute Gasteiger partial charge is 0.478 e. The summed E-state index contributed by atoms with van der Waals surface area (Å²) in [5, 5.41) is 3.16. The second-order valence-corrected chi connectivity index (χ2v) is 3.69. The van der Waals surface area contributed by atoms with Crippen LogP contribution in [0.25, 0.3) is 0 Å². The maximum atomic E-state index is 5.43. The molecule has 0 aliphatic carbocycles. The quantitative estimate of drug-likeness (QED) is 0.669. The fourth-order valence-electron chi connectivity index (χ4n) is 1.29. The van der Waals surface area contributed by atoms with E-state index in [2.05, 4.69) is 22.2 Å². The summed E-state index contributed by atoms with van der Waals surface area (Å²) < 4.78 is 10.4. The summed E-state index contributed by atoms with van der Waals surface area (Å²) in [5.41, 5.74) is 0. The molecule has 0 fully saturated rings. The Morgan fingerprint density at radius 3 is 2.94 bits per heavy atom. The molecule has 0 atom stereocenters. The van der Waals surface area contributed by atoms with Crippen molar-refractivity contribution in [2.45, 2.75) is 26.2 Å². The van der Waals surface area contributed by atoms with Crippen molar-refractivity contribution in [3.05, 3.63) is 12.3 Å². The highest BCUT2D eigenvalue weighted by molar-refractivity contribution is 5.27. The SMILES string of the molecule is CCCOc1ccnc(NCCCCOC)n1. The van der Waals surface area contributed by atoms with E-state index in [4.69, 9.17) is 9.47 Å². The van der Waals surface area contributed by atoms with Gasteiger partial charge in [-0.15, -0.1) is 0 Å². The lowest BCUT2D eigenvalue weighted by Gasteiger charge is -2.07. The molecule has 0 spiro atoms. The molecule has 0 amide bonds. The summed E-state index contributed by atoms with van der Waals surface area (Å²) in [6.45, 7) is 4.39. The van der Waals surface area contributed by atoms with Crippen molar-refractivity contribution in [1.82, 2.24) is 9.97 Å². The number of hydrogen-bond donors (Lipinski definition) is 1. The third kappa shape index (κ3) is 6.06. The summed E-state index contributed by atoms with van der Waals surface area (Å²) in [4.78, 5) is 8.38. The molecule has 0 radical (unpaired) electrons. The Balaban J connectivity index is 2.27. The number of nitrogens with zero attached hydrogens (tertiary/aromatic N) is 2. The zero-order valence-electron chi connectivity index (χ0n) is 10.6. The first-order valence-corrected chi connectivity index (χ1v) is 6.05. The first kappa shape index (κ1) is 13.7. The van der Waals surface area contributed by atoms with Gasteiger partial charge >= 0.3 is 0 Å². The second kappa shape index (κ2) is 8.75. The molecule has 1 heterocycles. The monoisotopic (exact) mass is 239 g/mol. The summed E-state index contributed by atoms with van der Waals surface area (Å²) in [5.74, 6) is 1.25. The van der Waals surface area contributed by atoms with Crippen LogP contribution in [0.5, 0.6) is 5.88 Å². The normalized spacial score (nSPS) is 10.2. The molecule has 0 saturated carbocycles. The van der Waals surface area contributed by atoms with E-state index in [9.17, 15) is 0 Å². The van der Waals surface area contributed by atoms with Crippen LogP contribution in [-0.2, 0) is 4.74 Å². The third-order valence-electron chi connectivity index (χ3n) is 2.14. The van der Waals surface area contributed by atoms with Crippen LogP contribution >= 0.6 is 0 Å². The van der Waals surface area contributed by atoms with Crippen molar-refractivity contribution in [2.24, 2.45) is 0 Å². The number of rotatable bonds is 9. The molecule has 0 unspecified atom stereocenters. The average Bonchev–Trinajstić information content (AvgIpc) is 2.37. The van der Waals surface area contributed by atoms with Gasteiger partial charge in [-0.1, -0.05) is 6.92 Å². The van der Waals surface area contributed by atoms with Crippen LogP contribution < -0.4 is 10.1 Å². The van der Waals surface area contributed by atoms with Gasteiger partial charge in [-0.25, -0.2) is 4.98 Å². The molecule has 1 aromatic heterocycles. The summed E-state index contributed by atoms with van der Waals surface area (Å²) >= 11 is 0. The van der Waals surface area contributed by atoms with Crippen LogP contribution in [0, 0.1) is 0 Å². The molecule has 1 aromatic rings. The predicted molar refractivity (Wildman–Crippen MR) is 67.4 cm³/mol. The van der Waals surface area contributed by atoms with Gasteiger partial charge in [0.2, 0.25) is 11.8 Å². The number of hydrogen-bond acceptors (Lipinski definition) is 5. The highest BCUT2D eigenvalue weighted by atomic mass is 16.5. The Hall–Kier alpha value is -1.36. The Kier molecular flexibility index (Phi) is 7.06. The standard InChI is InChI=1S/C12H21N3O2/c1-3-9-17-11-6-8-14-12(15-11)13-7-4-5-10-16-2/h6,8H,3-5,7,9-10H2,1-2H3,(H,13,14,15). The fourth-order valence-corrected chi connectivity index (χ4v) is 1.29. The molecule has 0 aromatic carbocycles. The van der Waals surface area contributed by atoms with E-state index in [-0.39, 0.29) is 0 Å². The smallest absolute Gasteiger partial charge is 0.225 e. The van der Waals surface area contributed by atoms with E-state index in [0.29, 0.717) is 18.4 Å². The van der Waals surface area contributed by atoms with Crippen LogP contribution in [0.3, 0.4) is 0 Å². The van der Waals surface area contributed by atoms with Gasteiger partial charge in [0.05, 0.1) is 6.61 Å². The first-order valence-electron chi connectivity index (χ1n) is 6.05. The molecule has 17 heavy (non-hydrogen) atoms. The molecule has 96 valence electrons. The van der Waals surface area contributed by atoms with Crippen LogP contribution in [0.4, 0.5) is 5.95 Å². The van der Waals surface area contributed by atoms with Crippen molar-refractivity contribution >= 4 is 5.95 Å². The van der Waals surface area contributed by atoms with Crippen molar-refractivity contribution in [3.8, 4) is 5.88 Å². The van der Waals surface area contributed by atoms with Gasteiger partial charge in [-0.2, -0.15) is 4.98 Å². The molecule has 5 nitrogen and oxygen atoms in total. The molecule has 1 N–H and O–H groups in total. The van der Waals surface area contributed by atoms with Crippen molar-refractivity contribution < 1.29 is 9.47 Å². The van der Waals surface area contributed by atoms with Crippen LogP contribution in [-0.4, -0.2) is 36.8 Å². The lowest BCUT2D eigenvalue weighted by Crippen LogP contribution is -2.07. The number of anilines is 1. The molecule has 0 saturated heterocycles. The molecule has 0 bridgehead atoms. The molecule has 5 heteroatoms. The van der Waals surface area contributed by atoms with Crippen molar-refractivity contribution in [3.63, 3.8) is 0 Å². The van der Waals surface area contributed by atoms with Gasteiger partial charge in [-0.05, 0) is 19.3 Å². The van der Waals surface area contributed by atoms with E-state index in [0.717, 1.165) is 32.4 Å².